The molecule has 174 valence electrons. The van der Waals surface area contributed by atoms with Crippen LogP contribution in [0.3, 0.4) is 0 Å². The molecule has 1 aliphatic rings. The Bertz CT molecular complexity index is 1200. The van der Waals surface area contributed by atoms with E-state index in [-0.39, 0.29) is 11.1 Å². The van der Waals surface area contributed by atoms with Gasteiger partial charge in [-0.25, -0.2) is 0 Å². The van der Waals surface area contributed by atoms with Crippen LogP contribution in [-0.4, -0.2) is 29.2 Å². The predicted molar refractivity (Wildman–Crippen MR) is 144 cm³/mol. The molecule has 1 aliphatic heterocycles. The zero-order valence-corrected chi connectivity index (χ0v) is 21.7. The van der Waals surface area contributed by atoms with E-state index in [1.165, 1.54) is 4.90 Å². The monoisotopic (exact) mass is 585 g/mol. The van der Waals surface area contributed by atoms with Gasteiger partial charge < -0.3 is 9.47 Å². The lowest BCUT2D eigenvalue weighted by molar-refractivity contribution is -0.122. The van der Waals surface area contributed by atoms with Crippen LogP contribution in [0.15, 0.2) is 77.7 Å². The van der Waals surface area contributed by atoms with Crippen molar-refractivity contribution >= 4 is 51.6 Å². The van der Waals surface area contributed by atoms with Gasteiger partial charge in [-0.15, -0.1) is 0 Å². The molecule has 3 aromatic rings. The Balaban J connectivity index is 1.51. The lowest BCUT2D eigenvalue weighted by atomic mass is 10.1. The first kappa shape index (κ1) is 24.3. The summed E-state index contributed by atoms with van der Waals surface area (Å²) in [6.45, 7) is 3.19. The summed E-state index contributed by atoms with van der Waals surface area (Å²) in [5.74, 6) is 1.02. The van der Waals surface area contributed by atoms with E-state index in [1.54, 1.807) is 6.08 Å². The number of hydrogen-bond acceptors (Lipinski definition) is 5. The van der Waals surface area contributed by atoms with Gasteiger partial charge in [-0.3, -0.25) is 14.5 Å². The lowest BCUT2D eigenvalue weighted by Crippen LogP contribution is -2.30. The van der Waals surface area contributed by atoms with E-state index in [4.69, 9.17) is 9.47 Å². The topological polar surface area (TPSA) is 55.8 Å². The molecule has 0 radical (unpaired) electrons. The summed E-state index contributed by atoms with van der Waals surface area (Å²) in [4.78, 5) is 27.1. The number of thioether (sulfide) groups is 1. The molecule has 0 spiro atoms. The van der Waals surface area contributed by atoms with Crippen molar-refractivity contribution in [2.24, 2.45) is 0 Å². The van der Waals surface area contributed by atoms with E-state index in [0.29, 0.717) is 42.6 Å². The molecule has 0 unspecified atom stereocenters. The number of carbonyl (C=O) groups is 2. The molecule has 0 aromatic heterocycles. The molecule has 0 N–H and O–H groups in total. The van der Waals surface area contributed by atoms with Crippen molar-refractivity contribution in [3.63, 3.8) is 0 Å². The highest BCUT2D eigenvalue weighted by Crippen LogP contribution is 2.38. The molecule has 0 atom stereocenters. The van der Waals surface area contributed by atoms with Crippen LogP contribution in [0.2, 0.25) is 0 Å². The van der Waals surface area contributed by atoms with E-state index in [2.05, 4.69) is 22.6 Å². The molecule has 5 nitrogen and oxygen atoms in total. The minimum Gasteiger partial charge on any atom is -0.490 e. The van der Waals surface area contributed by atoms with Crippen LogP contribution in [0, 0.1) is 3.57 Å². The van der Waals surface area contributed by atoms with Crippen LogP contribution in [0.25, 0.3) is 6.08 Å². The smallest absolute Gasteiger partial charge is 0.293 e. The van der Waals surface area contributed by atoms with Crippen molar-refractivity contribution in [1.29, 1.82) is 0 Å². The summed E-state index contributed by atoms with van der Waals surface area (Å²) in [6.07, 6.45) is 2.38. The molecule has 34 heavy (non-hydrogen) atoms. The summed E-state index contributed by atoms with van der Waals surface area (Å²) in [5, 5.41) is -0.241. The highest BCUT2D eigenvalue weighted by molar-refractivity contribution is 14.1. The summed E-state index contributed by atoms with van der Waals surface area (Å²) >= 11 is 3.18. The molecular formula is C27H24INO4S. The van der Waals surface area contributed by atoms with Gasteiger partial charge in [0, 0.05) is 6.54 Å². The van der Waals surface area contributed by atoms with Crippen LogP contribution in [0.4, 0.5) is 4.79 Å². The molecular weight excluding hydrogens is 561 g/mol. The fourth-order valence-electron chi connectivity index (χ4n) is 3.53. The van der Waals surface area contributed by atoms with Gasteiger partial charge in [-0.2, -0.15) is 0 Å². The highest BCUT2D eigenvalue weighted by atomic mass is 127. The Kier molecular flexibility index (Phi) is 8.29. The molecule has 1 fully saturated rings. The second-order valence-electron chi connectivity index (χ2n) is 7.61. The van der Waals surface area contributed by atoms with Crippen LogP contribution < -0.4 is 9.47 Å². The first-order valence-corrected chi connectivity index (χ1v) is 12.9. The molecule has 3 aromatic carbocycles. The Morgan fingerprint density at radius 2 is 1.62 bits per heavy atom. The number of rotatable bonds is 9. The highest BCUT2D eigenvalue weighted by Gasteiger charge is 2.34. The fourth-order valence-corrected chi connectivity index (χ4v) is 5.18. The second-order valence-corrected chi connectivity index (χ2v) is 9.76. The molecule has 2 amide bonds. The van der Waals surface area contributed by atoms with Crippen molar-refractivity contribution in [3.8, 4) is 11.5 Å². The molecule has 1 heterocycles. The molecule has 1 saturated heterocycles. The lowest BCUT2D eigenvalue weighted by Gasteiger charge is -2.15. The SMILES string of the molecule is CCOc1cc(/C=C2/SC(=O)N(CCc3ccccc3)C2=O)cc(I)c1OCc1ccccc1. The first-order chi connectivity index (χ1) is 16.5. The van der Waals surface area contributed by atoms with Gasteiger partial charge in [0.1, 0.15) is 6.61 Å². The zero-order chi connectivity index (χ0) is 23.9. The number of nitrogens with zero attached hydrogens (tertiary/aromatic N) is 1. The Labute approximate surface area is 217 Å². The Morgan fingerprint density at radius 1 is 0.941 bits per heavy atom. The van der Waals surface area contributed by atoms with E-state index in [0.717, 1.165) is 32.0 Å². The number of benzene rings is 3. The quantitative estimate of drug-likeness (QED) is 0.211. The largest absolute Gasteiger partial charge is 0.490 e. The second kappa shape index (κ2) is 11.6. The van der Waals surface area contributed by atoms with Crippen molar-refractivity contribution in [3.05, 3.63) is 98.0 Å². The van der Waals surface area contributed by atoms with E-state index < -0.39 is 0 Å². The van der Waals surface area contributed by atoms with Crippen molar-refractivity contribution in [1.82, 2.24) is 4.90 Å². The normalized spacial score (nSPS) is 14.6. The van der Waals surface area contributed by atoms with Gasteiger partial charge in [0.15, 0.2) is 11.5 Å². The molecule has 0 bridgehead atoms. The van der Waals surface area contributed by atoms with Crippen LogP contribution in [-0.2, 0) is 17.8 Å². The third-order valence-electron chi connectivity index (χ3n) is 5.20. The van der Waals surface area contributed by atoms with Gasteiger partial charge in [0.05, 0.1) is 15.1 Å². The Hall–Kier alpha value is -2.78. The van der Waals surface area contributed by atoms with Crippen molar-refractivity contribution in [2.75, 3.05) is 13.2 Å². The summed E-state index contributed by atoms with van der Waals surface area (Å²) in [6, 6.07) is 23.6. The number of amides is 2. The number of halogens is 1. The van der Waals surface area contributed by atoms with Gasteiger partial charge in [-0.1, -0.05) is 60.7 Å². The van der Waals surface area contributed by atoms with E-state index in [1.807, 2.05) is 79.7 Å². The van der Waals surface area contributed by atoms with Gasteiger partial charge in [-0.05, 0) is 82.6 Å². The molecule has 7 heteroatoms. The number of ether oxygens (including phenoxy) is 2. The maximum atomic E-state index is 12.9. The predicted octanol–water partition coefficient (Wildman–Crippen LogP) is 6.55. The molecule has 4 rings (SSSR count). The van der Waals surface area contributed by atoms with Crippen LogP contribution in [0.1, 0.15) is 23.6 Å². The minimum atomic E-state index is -0.261. The fraction of sp³-hybridized carbons (Fsp3) is 0.185. The number of imide groups is 1. The van der Waals surface area contributed by atoms with Gasteiger partial charge >= 0.3 is 0 Å². The summed E-state index contributed by atoms with van der Waals surface area (Å²) in [7, 11) is 0. The average molecular weight is 585 g/mol. The third-order valence-corrected chi connectivity index (χ3v) is 6.90. The molecule has 0 saturated carbocycles. The average Bonchev–Trinajstić information content (AvgIpc) is 3.10. The molecule has 0 aliphatic carbocycles. The first-order valence-electron chi connectivity index (χ1n) is 11.0. The van der Waals surface area contributed by atoms with Crippen molar-refractivity contribution in [2.45, 2.75) is 20.0 Å². The van der Waals surface area contributed by atoms with Crippen LogP contribution >= 0.6 is 34.4 Å². The van der Waals surface area contributed by atoms with Gasteiger partial charge in [0.25, 0.3) is 11.1 Å². The van der Waals surface area contributed by atoms with Crippen molar-refractivity contribution < 1.29 is 19.1 Å². The minimum absolute atomic E-state index is 0.241. The number of hydrogen-bond donors (Lipinski definition) is 0. The van der Waals surface area contributed by atoms with Crippen LogP contribution in [0.5, 0.6) is 11.5 Å². The Morgan fingerprint density at radius 3 is 2.29 bits per heavy atom. The van der Waals surface area contributed by atoms with E-state index in [9.17, 15) is 9.59 Å². The summed E-state index contributed by atoms with van der Waals surface area (Å²) in [5.41, 5.74) is 2.94. The van der Waals surface area contributed by atoms with E-state index >= 15 is 0 Å². The number of carbonyl (C=O) groups excluding carboxylic acids is 2. The standard InChI is InChI=1S/C27H24INO4S/c1-2-32-23-16-21(15-22(28)25(23)33-18-20-11-7-4-8-12-20)17-24-26(30)29(27(31)34-24)14-13-19-9-5-3-6-10-19/h3-12,15-17H,2,13-14,18H2,1H3/b24-17+. The zero-order valence-electron chi connectivity index (χ0n) is 18.7. The maximum absolute atomic E-state index is 12.9. The third kappa shape index (κ3) is 6.01. The van der Waals surface area contributed by atoms with Gasteiger partial charge in [0.2, 0.25) is 0 Å². The maximum Gasteiger partial charge on any atom is 0.293 e. The summed E-state index contributed by atoms with van der Waals surface area (Å²) < 4.78 is 12.8.